The number of amides is 3. The standard InChI is InChI=1S/C14H17N3O4/c1-8(13(19)20)17(11-6-7-11)12(18)9-2-4-10(5-3-9)16-14(15)21/h2-5,8,11H,6-7H2,1H3,(H,19,20)(H3,15,16,21). The topological polar surface area (TPSA) is 113 Å². The summed E-state index contributed by atoms with van der Waals surface area (Å²) < 4.78 is 0. The summed E-state index contributed by atoms with van der Waals surface area (Å²) in [4.78, 5) is 35.7. The van der Waals surface area contributed by atoms with Gasteiger partial charge in [-0.2, -0.15) is 0 Å². The Hall–Kier alpha value is -2.57. The zero-order chi connectivity index (χ0) is 15.6. The van der Waals surface area contributed by atoms with Crippen molar-refractivity contribution in [3.63, 3.8) is 0 Å². The fraction of sp³-hybridized carbons (Fsp3) is 0.357. The molecule has 0 aromatic heterocycles. The van der Waals surface area contributed by atoms with Crippen LogP contribution in [-0.4, -0.2) is 40.0 Å². The van der Waals surface area contributed by atoms with Crippen molar-refractivity contribution < 1.29 is 19.5 Å². The van der Waals surface area contributed by atoms with Crippen molar-refractivity contribution >= 4 is 23.6 Å². The average molecular weight is 291 g/mol. The van der Waals surface area contributed by atoms with E-state index < -0.39 is 18.0 Å². The van der Waals surface area contributed by atoms with Crippen LogP contribution in [0, 0.1) is 0 Å². The number of carboxylic acid groups (broad SMARTS) is 1. The van der Waals surface area contributed by atoms with Crippen LogP contribution < -0.4 is 11.1 Å². The highest BCUT2D eigenvalue weighted by atomic mass is 16.4. The lowest BCUT2D eigenvalue weighted by molar-refractivity contribution is -0.141. The lowest BCUT2D eigenvalue weighted by Gasteiger charge is -2.26. The first kappa shape index (κ1) is 14.8. The highest BCUT2D eigenvalue weighted by Crippen LogP contribution is 2.30. The number of primary amides is 1. The Labute approximate surface area is 121 Å². The van der Waals surface area contributed by atoms with E-state index in [0.717, 1.165) is 12.8 Å². The first-order valence-electron chi connectivity index (χ1n) is 6.62. The molecule has 0 saturated heterocycles. The number of nitrogens with zero attached hydrogens (tertiary/aromatic N) is 1. The van der Waals surface area contributed by atoms with E-state index >= 15 is 0 Å². The largest absolute Gasteiger partial charge is 0.480 e. The Bertz CT molecular complexity index is 566. The Kier molecular flexibility index (Phi) is 4.11. The summed E-state index contributed by atoms with van der Waals surface area (Å²) in [6.45, 7) is 1.50. The number of hydrogen-bond acceptors (Lipinski definition) is 3. The first-order chi connectivity index (χ1) is 9.90. The maximum atomic E-state index is 12.5. The smallest absolute Gasteiger partial charge is 0.326 e. The van der Waals surface area contributed by atoms with Crippen LogP contribution in [0.2, 0.25) is 0 Å². The molecule has 0 spiro atoms. The van der Waals surface area contributed by atoms with Gasteiger partial charge in [0, 0.05) is 17.3 Å². The fourth-order valence-corrected chi connectivity index (χ4v) is 2.12. The molecule has 0 bridgehead atoms. The first-order valence-corrected chi connectivity index (χ1v) is 6.62. The molecule has 0 radical (unpaired) electrons. The monoisotopic (exact) mass is 291 g/mol. The molecule has 2 rings (SSSR count). The SMILES string of the molecule is CC(C(=O)O)N(C(=O)c1ccc(NC(N)=O)cc1)C1CC1. The molecule has 1 aromatic carbocycles. The molecule has 1 fully saturated rings. The number of urea groups is 1. The second-order valence-electron chi connectivity index (χ2n) is 5.02. The number of nitrogens with two attached hydrogens (primary N) is 1. The minimum Gasteiger partial charge on any atom is -0.480 e. The van der Waals surface area contributed by atoms with E-state index in [9.17, 15) is 14.4 Å². The van der Waals surface area contributed by atoms with Crippen LogP contribution in [0.15, 0.2) is 24.3 Å². The number of nitrogens with one attached hydrogen (secondary N) is 1. The molecule has 1 aromatic rings. The van der Waals surface area contributed by atoms with E-state index in [0.29, 0.717) is 11.3 Å². The lowest BCUT2D eigenvalue weighted by atomic mass is 10.1. The second kappa shape index (κ2) is 5.82. The van der Waals surface area contributed by atoms with Gasteiger partial charge in [0.2, 0.25) is 0 Å². The Morgan fingerprint density at radius 1 is 1.29 bits per heavy atom. The number of carbonyl (C=O) groups excluding carboxylic acids is 2. The van der Waals surface area contributed by atoms with Gasteiger partial charge < -0.3 is 21.1 Å². The van der Waals surface area contributed by atoms with E-state index in [1.165, 1.54) is 24.0 Å². The zero-order valence-electron chi connectivity index (χ0n) is 11.6. The van der Waals surface area contributed by atoms with Crippen molar-refractivity contribution in [3.05, 3.63) is 29.8 Å². The number of aliphatic carboxylic acids is 1. The van der Waals surface area contributed by atoms with Crippen molar-refractivity contribution in [2.24, 2.45) is 5.73 Å². The normalized spacial score (nSPS) is 15.1. The highest BCUT2D eigenvalue weighted by Gasteiger charge is 2.38. The maximum absolute atomic E-state index is 12.5. The Balaban J connectivity index is 2.17. The Morgan fingerprint density at radius 2 is 1.86 bits per heavy atom. The van der Waals surface area contributed by atoms with Gasteiger partial charge in [0.1, 0.15) is 6.04 Å². The molecule has 1 atom stereocenters. The summed E-state index contributed by atoms with van der Waals surface area (Å²) in [5.41, 5.74) is 5.86. The van der Waals surface area contributed by atoms with Crippen molar-refractivity contribution in [2.45, 2.75) is 31.8 Å². The molecule has 112 valence electrons. The van der Waals surface area contributed by atoms with Crippen LogP contribution in [0.3, 0.4) is 0 Å². The van der Waals surface area contributed by atoms with Gasteiger partial charge in [0.25, 0.3) is 5.91 Å². The third-order valence-electron chi connectivity index (χ3n) is 3.35. The predicted octanol–water partition coefficient (Wildman–Crippen LogP) is 1.25. The zero-order valence-corrected chi connectivity index (χ0v) is 11.6. The minimum atomic E-state index is -1.03. The molecular weight excluding hydrogens is 274 g/mol. The fourth-order valence-electron chi connectivity index (χ4n) is 2.12. The molecule has 21 heavy (non-hydrogen) atoms. The molecule has 3 amide bonds. The van der Waals surface area contributed by atoms with Gasteiger partial charge in [-0.1, -0.05) is 0 Å². The summed E-state index contributed by atoms with van der Waals surface area (Å²) in [6.07, 6.45) is 1.65. The van der Waals surface area contributed by atoms with Crippen molar-refractivity contribution in [1.82, 2.24) is 4.90 Å². The predicted molar refractivity (Wildman–Crippen MR) is 75.9 cm³/mol. The van der Waals surface area contributed by atoms with E-state index in [-0.39, 0.29) is 11.9 Å². The van der Waals surface area contributed by atoms with Crippen LogP contribution >= 0.6 is 0 Å². The second-order valence-corrected chi connectivity index (χ2v) is 5.02. The van der Waals surface area contributed by atoms with E-state index in [2.05, 4.69) is 5.32 Å². The third kappa shape index (κ3) is 3.50. The molecule has 0 aliphatic heterocycles. The molecule has 7 nitrogen and oxygen atoms in total. The van der Waals surface area contributed by atoms with Gasteiger partial charge in [-0.25, -0.2) is 9.59 Å². The Morgan fingerprint density at radius 3 is 2.29 bits per heavy atom. The van der Waals surface area contributed by atoms with Gasteiger partial charge in [-0.15, -0.1) is 0 Å². The van der Waals surface area contributed by atoms with Crippen molar-refractivity contribution in [2.75, 3.05) is 5.32 Å². The minimum absolute atomic E-state index is 0.00739. The van der Waals surface area contributed by atoms with Gasteiger partial charge in [0.05, 0.1) is 0 Å². The van der Waals surface area contributed by atoms with Crippen LogP contribution in [0.4, 0.5) is 10.5 Å². The molecule has 1 aliphatic rings. The van der Waals surface area contributed by atoms with E-state index in [4.69, 9.17) is 10.8 Å². The van der Waals surface area contributed by atoms with Gasteiger partial charge in [-0.3, -0.25) is 4.79 Å². The van der Waals surface area contributed by atoms with Crippen LogP contribution in [0.5, 0.6) is 0 Å². The molecule has 0 heterocycles. The van der Waals surface area contributed by atoms with Crippen LogP contribution in [-0.2, 0) is 4.79 Å². The molecule has 1 aliphatic carbocycles. The number of benzene rings is 1. The van der Waals surface area contributed by atoms with E-state index in [1.54, 1.807) is 12.1 Å². The molecule has 7 heteroatoms. The summed E-state index contributed by atoms with van der Waals surface area (Å²) in [7, 11) is 0. The number of anilines is 1. The highest BCUT2D eigenvalue weighted by molar-refractivity contribution is 5.97. The summed E-state index contributed by atoms with van der Waals surface area (Å²) in [6, 6.07) is 4.62. The summed E-state index contributed by atoms with van der Waals surface area (Å²) in [5, 5.41) is 11.5. The molecule has 4 N–H and O–H groups in total. The van der Waals surface area contributed by atoms with Crippen molar-refractivity contribution in [1.29, 1.82) is 0 Å². The van der Waals surface area contributed by atoms with Crippen LogP contribution in [0.25, 0.3) is 0 Å². The number of rotatable bonds is 5. The molecule has 1 saturated carbocycles. The van der Waals surface area contributed by atoms with E-state index in [1.807, 2.05) is 0 Å². The summed E-state index contributed by atoms with van der Waals surface area (Å²) in [5.74, 6) is -1.35. The maximum Gasteiger partial charge on any atom is 0.326 e. The van der Waals surface area contributed by atoms with Crippen molar-refractivity contribution in [3.8, 4) is 0 Å². The number of carboxylic acids is 1. The number of carbonyl (C=O) groups is 3. The van der Waals surface area contributed by atoms with Gasteiger partial charge in [0.15, 0.2) is 0 Å². The quantitative estimate of drug-likeness (QED) is 0.757. The summed E-state index contributed by atoms with van der Waals surface area (Å²) >= 11 is 0. The van der Waals surface area contributed by atoms with Gasteiger partial charge >= 0.3 is 12.0 Å². The average Bonchev–Trinajstić information content (AvgIpc) is 3.23. The van der Waals surface area contributed by atoms with Crippen LogP contribution in [0.1, 0.15) is 30.1 Å². The van der Waals surface area contributed by atoms with Gasteiger partial charge in [-0.05, 0) is 44.0 Å². The number of hydrogen-bond donors (Lipinski definition) is 3. The molecule has 1 unspecified atom stereocenters. The lowest BCUT2D eigenvalue weighted by Crippen LogP contribution is -2.44. The molecular formula is C14H17N3O4. The third-order valence-corrected chi connectivity index (χ3v) is 3.35.